The van der Waals surface area contributed by atoms with Crippen molar-refractivity contribution < 1.29 is 22.7 Å². The van der Waals surface area contributed by atoms with Crippen LogP contribution in [0.15, 0.2) is 0 Å². The van der Waals surface area contributed by atoms with Crippen molar-refractivity contribution in [1.82, 2.24) is 9.62 Å². The smallest absolute Gasteiger partial charge is 0.310 e. The third-order valence-corrected chi connectivity index (χ3v) is 5.59. The highest BCUT2D eigenvalue weighted by molar-refractivity contribution is 7.90. The first-order valence-corrected chi connectivity index (χ1v) is 8.18. The van der Waals surface area contributed by atoms with E-state index in [4.69, 9.17) is 0 Å². The number of hydrogen-bond donors (Lipinski definition) is 1. The molecule has 1 rings (SSSR count). The maximum Gasteiger partial charge on any atom is 0.310 e. The second kappa shape index (κ2) is 7.03. The first-order valence-electron chi connectivity index (χ1n) is 6.63. The molecule has 8 heteroatoms. The van der Waals surface area contributed by atoms with Gasteiger partial charge in [-0.1, -0.05) is 6.42 Å². The molecular formula is C12H22N2O5S. The van der Waals surface area contributed by atoms with Crippen LogP contribution < -0.4 is 4.72 Å². The minimum Gasteiger partial charge on any atom is -0.469 e. The summed E-state index contributed by atoms with van der Waals surface area (Å²) < 4.78 is 31.3. The summed E-state index contributed by atoms with van der Waals surface area (Å²) in [6.07, 6.45) is 1.57. The van der Waals surface area contributed by atoms with Crippen molar-refractivity contribution in [3.05, 3.63) is 0 Å². The van der Waals surface area contributed by atoms with Crippen molar-refractivity contribution >= 4 is 21.9 Å². The zero-order valence-corrected chi connectivity index (χ0v) is 12.9. The normalized spacial score (nSPS) is 22.6. The van der Waals surface area contributed by atoms with Gasteiger partial charge in [-0.15, -0.1) is 0 Å². The molecule has 0 aromatic carbocycles. The maximum absolute atomic E-state index is 12.2. The Kier molecular flexibility index (Phi) is 5.94. The van der Waals surface area contributed by atoms with E-state index in [0.29, 0.717) is 25.8 Å². The van der Waals surface area contributed by atoms with Gasteiger partial charge < -0.3 is 9.64 Å². The fourth-order valence-corrected chi connectivity index (χ4v) is 3.99. The first-order chi connectivity index (χ1) is 9.33. The van der Waals surface area contributed by atoms with Crippen molar-refractivity contribution in [2.45, 2.75) is 31.4 Å². The summed E-state index contributed by atoms with van der Waals surface area (Å²) >= 11 is 0. The van der Waals surface area contributed by atoms with Crippen LogP contribution in [0.3, 0.4) is 0 Å². The monoisotopic (exact) mass is 306 g/mol. The molecular weight excluding hydrogens is 284 g/mol. The van der Waals surface area contributed by atoms with Crippen molar-refractivity contribution in [3.63, 3.8) is 0 Å². The number of likely N-dealkylation sites (N-methyl/N-ethyl adjacent to an activating group) is 1. The largest absolute Gasteiger partial charge is 0.469 e. The van der Waals surface area contributed by atoms with Gasteiger partial charge in [-0.3, -0.25) is 9.59 Å². The number of hydrogen-bond acceptors (Lipinski definition) is 5. The van der Waals surface area contributed by atoms with Crippen LogP contribution in [-0.4, -0.2) is 57.7 Å². The number of carbonyl (C=O) groups is 2. The molecule has 2 atom stereocenters. The van der Waals surface area contributed by atoms with Gasteiger partial charge in [0.15, 0.2) is 0 Å². The number of nitrogens with zero attached hydrogens (tertiary/aromatic N) is 1. The number of sulfonamides is 1. The molecule has 0 aromatic heterocycles. The molecule has 0 radical (unpaired) electrons. The minimum atomic E-state index is -3.70. The van der Waals surface area contributed by atoms with Gasteiger partial charge in [0.2, 0.25) is 15.9 Å². The molecule has 1 aliphatic carbocycles. The Bertz CT molecular complexity index is 462. The van der Waals surface area contributed by atoms with Crippen molar-refractivity contribution in [1.29, 1.82) is 0 Å². The molecule has 0 spiro atoms. The summed E-state index contributed by atoms with van der Waals surface area (Å²) in [5.74, 6) is -1.45. The van der Waals surface area contributed by atoms with Gasteiger partial charge in [-0.05, 0) is 19.8 Å². The molecule has 7 nitrogen and oxygen atoms in total. The molecule has 1 amide bonds. The summed E-state index contributed by atoms with van der Waals surface area (Å²) in [6.45, 7) is 2.03. The Morgan fingerprint density at radius 1 is 1.35 bits per heavy atom. The summed E-state index contributed by atoms with van der Waals surface area (Å²) in [6, 6.07) is 0. The SMILES string of the molecule is CCN(C)C(=O)CNS(=O)(=O)C1CCCC1C(=O)OC. The number of ether oxygens (including phenoxy) is 1. The van der Waals surface area contributed by atoms with E-state index in [2.05, 4.69) is 9.46 Å². The lowest BCUT2D eigenvalue weighted by Gasteiger charge is -2.20. The van der Waals surface area contributed by atoms with Gasteiger partial charge >= 0.3 is 5.97 Å². The van der Waals surface area contributed by atoms with E-state index in [1.165, 1.54) is 12.0 Å². The highest BCUT2D eigenvalue weighted by Crippen LogP contribution is 2.31. The van der Waals surface area contributed by atoms with Gasteiger partial charge in [0.25, 0.3) is 0 Å². The summed E-state index contributed by atoms with van der Waals surface area (Å²) in [4.78, 5) is 24.6. The lowest BCUT2D eigenvalue weighted by molar-refractivity contribution is -0.145. The number of nitrogens with one attached hydrogen (secondary N) is 1. The molecule has 0 heterocycles. The zero-order chi connectivity index (χ0) is 15.3. The van der Waals surface area contributed by atoms with Gasteiger partial charge in [0.05, 0.1) is 24.8 Å². The Labute approximate surface area is 119 Å². The topological polar surface area (TPSA) is 92.8 Å². The number of carbonyl (C=O) groups excluding carboxylic acids is 2. The van der Waals surface area contributed by atoms with Crippen LogP contribution >= 0.6 is 0 Å². The van der Waals surface area contributed by atoms with Crippen molar-refractivity contribution in [2.75, 3.05) is 27.2 Å². The number of rotatable bonds is 6. The van der Waals surface area contributed by atoms with Crippen LogP contribution in [0, 0.1) is 5.92 Å². The molecule has 20 heavy (non-hydrogen) atoms. The Morgan fingerprint density at radius 2 is 2.00 bits per heavy atom. The average Bonchev–Trinajstić information content (AvgIpc) is 2.93. The Hall–Kier alpha value is -1.15. The predicted molar refractivity (Wildman–Crippen MR) is 73.4 cm³/mol. The second-order valence-corrected chi connectivity index (χ2v) is 6.86. The number of amides is 1. The maximum atomic E-state index is 12.2. The van der Waals surface area contributed by atoms with Crippen LogP contribution in [0.1, 0.15) is 26.2 Å². The molecule has 1 saturated carbocycles. The summed E-state index contributed by atoms with van der Waals surface area (Å²) in [5, 5.41) is -0.810. The minimum absolute atomic E-state index is 0.281. The molecule has 1 aliphatic rings. The molecule has 0 aliphatic heterocycles. The summed E-state index contributed by atoms with van der Waals surface area (Å²) in [7, 11) is -0.851. The highest BCUT2D eigenvalue weighted by atomic mass is 32.2. The Balaban J connectivity index is 2.69. The third-order valence-electron chi connectivity index (χ3n) is 3.68. The second-order valence-electron chi connectivity index (χ2n) is 4.87. The quantitative estimate of drug-likeness (QED) is 0.682. The van der Waals surface area contributed by atoms with Gasteiger partial charge in [0.1, 0.15) is 0 Å². The van der Waals surface area contributed by atoms with Gasteiger partial charge in [0, 0.05) is 13.6 Å². The van der Waals surface area contributed by atoms with E-state index in [1.807, 2.05) is 0 Å². The Morgan fingerprint density at radius 3 is 2.55 bits per heavy atom. The van der Waals surface area contributed by atoms with E-state index in [-0.39, 0.29) is 12.5 Å². The van der Waals surface area contributed by atoms with E-state index in [9.17, 15) is 18.0 Å². The average molecular weight is 306 g/mol. The number of esters is 1. The van der Waals surface area contributed by atoms with Crippen LogP contribution in [0.25, 0.3) is 0 Å². The van der Waals surface area contributed by atoms with E-state index in [1.54, 1.807) is 14.0 Å². The molecule has 1 N–H and O–H groups in total. The van der Waals surface area contributed by atoms with Crippen molar-refractivity contribution in [2.24, 2.45) is 5.92 Å². The van der Waals surface area contributed by atoms with E-state index in [0.717, 1.165) is 0 Å². The highest BCUT2D eigenvalue weighted by Gasteiger charge is 2.42. The van der Waals surface area contributed by atoms with E-state index < -0.39 is 27.2 Å². The standard InChI is InChI=1S/C12H22N2O5S/c1-4-14(2)11(15)8-13-20(17,18)10-7-5-6-9(10)12(16)19-3/h9-10,13H,4-8H2,1-3H3. The van der Waals surface area contributed by atoms with Crippen LogP contribution in [0.4, 0.5) is 0 Å². The molecule has 2 unspecified atom stereocenters. The molecule has 116 valence electrons. The molecule has 0 saturated heterocycles. The number of methoxy groups -OCH3 is 1. The molecule has 0 aromatic rings. The summed E-state index contributed by atoms with van der Waals surface area (Å²) in [5.41, 5.74) is 0. The lowest BCUT2D eigenvalue weighted by atomic mass is 10.1. The van der Waals surface area contributed by atoms with E-state index >= 15 is 0 Å². The zero-order valence-electron chi connectivity index (χ0n) is 12.1. The third kappa shape index (κ3) is 3.92. The molecule has 0 bridgehead atoms. The predicted octanol–water partition coefficient (Wildman–Crippen LogP) is -0.274. The van der Waals surface area contributed by atoms with Crippen LogP contribution in [0.5, 0.6) is 0 Å². The van der Waals surface area contributed by atoms with Gasteiger partial charge in [-0.2, -0.15) is 0 Å². The fourth-order valence-electron chi connectivity index (χ4n) is 2.30. The van der Waals surface area contributed by atoms with Gasteiger partial charge in [-0.25, -0.2) is 13.1 Å². The molecule has 1 fully saturated rings. The van der Waals surface area contributed by atoms with Crippen molar-refractivity contribution in [3.8, 4) is 0 Å². The van der Waals surface area contributed by atoms with Crippen LogP contribution in [0.2, 0.25) is 0 Å². The first kappa shape index (κ1) is 16.9. The van der Waals surface area contributed by atoms with Crippen LogP contribution in [-0.2, 0) is 24.3 Å². The lowest BCUT2D eigenvalue weighted by Crippen LogP contribution is -2.44. The fraction of sp³-hybridized carbons (Fsp3) is 0.833.